The van der Waals surface area contributed by atoms with Crippen LogP contribution in [-0.2, 0) is 12.4 Å². The van der Waals surface area contributed by atoms with Crippen LogP contribution in [0.2, 0.25) is 0 Å². The molecule has 126 valence electrons. The number of anilines is 1. The number of hydrogen-bond donors (Lipinski definition) is 2. The van der Waals surface area contributed by atoms with Crippen LogP contribution in [0.3, 0.4) is 0 Å². The van der Waals surface area contributed by atoms with Gasteiger partial charge >= 0.3 is 0 Å². The predicted octanol–water partition coefficient (Wildman–Crippen LogP) is 4.72. The molecule has 0 aliphatic carbocycles. The molecule has 2 N–H and O–H groups in total. The third-order valence-electron chi connectivity index (χ3n) is 3.73. The molecule has 0 fully saturated rings. The fraction of sp³-hybridized carbons (Fsp3) is 0.0952. The predicted molar refractivity (Wildman–Crippen MR) is 103 cm³/mol. The molecule has 0 saturated carbocycles. The number of benzene rings is 3. The van der Waals surface area contributed by atoms with E-state index in [2.05, 4.69) is 17.4 Å². The highest BCUT2D eigenvalue weighted by Crippen LogP contribution is 2.22. The molecule has 0 spiro atoms. The van der Waals surface area contributed by atoms with Gasteiger partial charge in [0.1, 0.15) is 0 Å². The first kappa shape index (κ1) is 17.3. The monoisotopic (exact) mass is 349 g/mol. The number of hydrogen-bond acceptors (Lipinski definition) is 3. The Morgan fingerprint density at radius 1 is 0.880 bits per heavy atom. The van der Waals surface area contributed by atoms with E-state index in [9.17, 15) is 4.79 Å². The van der Waals surface area contributed by atoms with E-state index in [0.29, 0.717) is 11.3 Å². The highest BCUT2D eigenvalue weighted by atomic mass is 32.2. The van der Waals surface area contributed by atoms with Crippen molar-refractivity contribution in [2.75, 3.05) is 5.32 Å². The van der Waals surface area contributed by atoms with Gasteiger partial charge in [-0.2, -0.15) is 0 Å². The average molecular weight is 349 g/mol. The minimum atomic E-state index is -0.155. The third-order valence-corrected chi connectivity index (χ3v) is 4.82. The second kappa shape index (κ2) is 8.51. The number of thioether (sulfide) groups is 1. The maximum Gasteiger partial charge on any atom is 0.255 e. The number of carbonyl (C=O) groups excluding carboxylic acids is 1. The zero-order valence-corrected chi connectivity index (χ0v) is 14.5. The summed E-state index contributed by atoms with van der Waals surface area (Å²) in [6.07, 6.45) is 0. The standard InChI is InChI=1S/C21H19NO2S/c23-14-17-5-4-6-19(13-17)22-21(24)18-11-9-16(10-12-18)15-25-20-7-2-1-3-8-20/h1-13,23H,14-15H2,(H,22,24). The molecule has 3 rings (SSSR count). The van der Waals surface area contributed by atoms with Crippen molar-refractivity contribution in [2.24, 2.45) is 0 Å². The smallest absolute Gasteiger partial charge is 0.255 e. The van der Waals surface area contributed by atoms with E-state index in [1.165, 1.54) is 10.5 Å². The molecule has 0 unspecified atom stereocenters. The zero-order chi connectivity index (χ0) is 17.5. The number of aliphatic hydroxyl groups excluding tert-OH is 1. The molecule has 1 amide bonds. The minimum absolute atomic E-state index is 0.0442. The molecule has 4 heteroatoms. The van der Waals surface area contributed by atoms with Crippen molar-refractivity contribution in [3.8, 4) is 0 Å². The normalized spacial score (nSPS) is 10.4. The lowest BCUT2D eigenvalue weighted by molar-refractivity contribution is 0.102. The lowest BCUT2D eigenvalue weighted by Crippen LogP contribution is -2.12. The van der Waals surface area contributed by atoms with E-state index < -0.39 is 0 Å². The summed E-state index contributed by atoms with van der Waals surface area (Å²) in [5.41, 5.74) is 3.24. The fourth-order valence-corrected chi connectivity index (χ4v) is 3.26. The SMILES string of the molecule is O=C(Nc1cccc(CO)c1)c1ccc(CSc2ccccc2)cc1. The van der Waals surface area contributed by atoms with Crippen molar-refractivity contribution >= 4 is 23.4 Å². The van der Waals surface area contributed by atoms with Gasteiger partial charge in [-0.15, -0.1) is 11.8 Å². The molecule has 0 bridgehead atoms. The average Bonchev–Trinajstić information content (AvgIpc) is 2.67. The summed E-state index contributed by atoms with van der Waals surface area (Å²) in [5, 5.41) is 12.0. The Kier molecular flexibility index (Phi) is 5.88. The van der Waals surface area contributed by atoms with Gasteiger partial charge in [0.05, 0.1) is 6.61 Å². The van der Waals surface area contributed by atoms with Gasteiger partial charge in [-0.3, -0.25) is 4.79 Å². The van der Waals surface area contributed by atoms with E-state index in [1.54, 1.807) is 17.8 Å². The Balaban J connectivity index is 1.60. The fourth-order valence-electron chi connectivity index (χ4n) is 2.39. The Hall–Kier alpha value is -2.56. The quantitative estimate of drug-likeness (QED) is 0.633. The largest absolute Gasteiger partial charge is 0.392 e. The number of nitrogens with one attached hydrogen (secondary N) is 1. The second-order valence-corrected chi connectivity index (χ2v) is 6.66. The van der Waals surface area contributed by atoms with Gasteiger partial charge in [-0.25, -0.2) is 0 Å². The van der Waals surface area contributed by atoms with E-state index in [-0.39, 0.29) is 12.5 Å². The summed E-state index contributed by atoms with van der Waals surface area (Å²) in [5.74, 6) is 0.710. The van der Waals surface area contributed by atoms with Crippen molar-refractivity contribution in [3.05, 3.63) is 95.6 Å². The van der Waals surface area contributed by atoms with Crippen LogP contribution in [0.25, 0.3) is 0 Å². The van der Waals surface area contributed by atoms with Crippen LogP contribution in [0, 0.1) is 0 Å². The molecule has 0 aromatic heterocycles. The number of carbonyl (C=O) groups is 1. The Bertz CT molecular complexity index is 832. The van der Waals surface area contributed by atoms with Crippen molar-refractivity contribution in [1.29, 1.82) is 0 Å². The summed E-state index contributed by atoms with van der Waals surface area (Å²) in [4.78, 5) is 13.6. The third kappa shape index (κ3) is 4.95. The molecule has 0 saturated heterocycles. The maximum atomic E-state index is 12.3. The topological polar surface area (TPSA) is 49.3 Å². The van der Waals surface area contributed by atoms with Gasteiger partial charge in [0.25, 0.3) is 5.91 Å². The first-order chi connectivity index (χ1) is 12.2. The van der Waals surface area contributed by atoms with Crippen molar-refractivity contribution in [2.45, 2.75) is 17.3 Å². The minimum Gasteiger partial charge on any atom is -0.392 e. The van der Waals surface area contributed by atoms with Crippen molar-refractivity contribution in [3.63, 3.8) is 0 Å². The Labute approximate surface area is 151 Å². The van der Waals surface area contributed by atoms with E-state index >= 15 is 0 Å². The molecule has 3 aromatic rings. The van der Waals surface area contributed by atoms with Gasteiger partial charge in [-0.05, 0) is 47.5 Å². The van der Waals surface area contributed by atoms with Crippen LogP contribution in [0.5, 0.6) is 0 Å². The molecule has 0 heterocycles. The van der Waals surface area contributed by atoms with E-state index in [4.69, 9.17) is 5.11 Å². The summed E-state index contributed by atoms with van der Waals surface area (Å²) < 4.78 is 0. The summed E-state index contributed by atoms with van der Waals surface area (Å²) in [6.45, 7) is -0.0442. The number of aliphatic hydroxyl groups is 1. The van der Waals surface area contributed by atoms with Crippen molar-refractivity contribution in [1.82, 2.24) is 0 Å². The molecule has 0 aliphatic rings. The maximum absolute atomic E-state index is 12.3. The summed E-state index contributed by atoms with van der Waals surface area (Å²) >= 11 is 1.77. The van der Waals surface area contributed by atoms with Crippen molar-refractivity contribution < 1.29 is 9.90 Å². The lowest BCUT2D eigenvalue weighted by atomic mass is 10.1. The number of amides is 1. The molecular weight excluding hydrogens is 330 g/mol. The van der Waals surface area contributed by atoms with Crippen LogP contribution in [0.4, 0.5) is 5.69 Å². The van der Waals surface area contributed by atoms with Gasteiger partial charge in [0, 0.05) is 21.9 Å². The van der Waals surface area contributed by atoms with Crippen LogP contribution in [0.1, 0.15) is 21.5 Å². The molecule has 0 atom stereocenters. The molecule has 0 aliphatic heterocycles. The molecular formula is C21H19NO2S. The molecule has 0 radical (unpaired) electrons. The van der Waals surface area contributed by atoms with Crippen LogP contribution in [0.15, 0.2) is 83.8 Å². The first-order valence-electron chi connectivity index (χ1n) is 8.02. The van der Waals surface area contributed by atoms with Crippen LogP contribution >= 0.6 is 11.8 Å². The first-order valence-corrected chi connectivity index (χ1v) is 9.01. The van der Waals surface area contributed by atoms with Crippen LogP contribution < -0.4 is 5.32 Å². The molecule has 3 aromatic carbocycles. The number of rotatable bonds is 6. The Morgan fingerprint density at radius 2 is 1.64 bits per heavy atom. The van der Waals surface area contributed by atoms with E-state index in [0.717, 1.165) is 11.3 Å². The summed E-state index contributed by atoms with van der Waals surface area (Å²) in [7, 11) is 0. The Morgan fingerprint density at radius 3 is 2.36 bits per heavy atom. The molecule has 25 heavy (non-hydrogen) atoms. The molecule has 3 nitrogen and oxygen atoms in total. The summed E-state index contributed by atoms with van der Waals surface area (Å²) in [6, 6.07) is 25.1. The lowest BCUT2D eigenvalue weighted by Gasteiger charge is -2.07. The van der Waals surface area contributed by atoms with Gasteiger partial charge in [0.2, 0.25) is 0 Å². The van der Waals surface area contributed by atoms with Gasteiger partial charge in [0.15, 0.2) is 0 Å². The van der Waals surface area contributed by atoms with Gasteiger partial charge < -0.3 is 10.4 Å². The second-order valence-electron chi connectivity index (χ2n) is 5.61. The van der Waals surface area contributed by atoms with Crippen LogP contribution in [-0.4, -0.2) is 11.0 Å². The highest BCUT2D eigenvalue weighted by molar-refractivity contribution is 7.98. The zero-order valence-electron chi connectivity index (χ0n) is 13.7. The van der Waals surface area contributed by atoms with Gasteiger partial charge in [-0.1, -0.05) is 42.5 Å². The highest BCUT2D eigenvalue weighted by Gasteiger charge is 2.06. The van der Waals surface area contributed by atoms with E-state index in [1.807, 2.05) is 60.7 Å².